The Bertz CT molecular complexity index is 579. The van der Waals surface area contributed by atoms with Crippen molar-refractivity contribution in [3.8, 4) is 0 Å². The van der Waals surface area contributed by atoms with Crippen LogP contribution in [-0.4, -0.2) is 21.0 Å². The van der Waals surface area contributed by atoms with E-state index in [1.165, 1.54) is 0 Å². The Hall–Kier alpha value is -0.350. The van der Waals surface area contributed by atoms with Gasteiger partial charge in [-0.3, -0.25) is 0 Å². The smallest absolute Gasteiger partial charge is 0.328 e. The molecule has 1 unspecified atom stereocenters. The minimum Gasteiger partial charge on any atom is -0.328 e. The molecule has 0 saturated heterocycles. The fourth-order valence-corrected chi connectivity index (χ4v) is 2.94. The molecule has 1 atom stereocenters. The Morgan fingerprint density at radius 3 is 2.43 bits per heavy atom. The van der Waals surface area contributed by atoms with Gasteiger partial charge in [-0.15, -0.1) is 12.4 Å². The predicted molar refractivity (Wildman–Crippen MR) is 79.8 cm³/mol. The van der Waals surface area contributed by atoms with Crippen LogP contribution in [0, 0.1) is 0 Å². The minimum absolute atomic E-state index is 0. The molecule has 0 fully saturated rings. The van der Waals surface area contributed by atoms with Gasteiger partial charge in [-0.05, 0) is 31.5 Å². The first-order valence-corrected chi connectivity index (χ1v) is 7.93. The number of hydrogen-bond donors (Lipinski definition) is 2. The van der Waals surface area contributed by atoms with E-state index in [4.69, 9.17) is 5.73 Å². The molecule has 0 saturated carbocycles. The van der Waals surface area contributed by atoms with Crippen molar-refractivity contribution in [2.45, 2.75) is 30.5 Å². The third-order valence-electron chi connectivity index (χ3n) is 2.45. The molecule has 10 heteroatoms. The first-order chi connectivity index (χ1) is 9.04. The van der Waals surface area contributed by atoms with Crippen molar-refractivity contribution >= 4 is 38.4 Å². The minimum atomic E-state index is -4.63. The molecule has 1 rings (SSSR count). The second kappa shape index (κ2) is 7.77. The van der Waals surface area contributed by atoms with E-state index in [1.54, 1.807) is 6.92 Å². The van der Waals surface area contributed by atoms with Crippen molar-refractivity contribution in [3.63, 3.8) is 0 Å². The molecule has 0 heterocycles. The number of nitrogens with one attached hydrogen (secondary N) is 1. The quantitative estimate of drug-likeness (QED) is 0.782. The van der Waals surface area contributed by atoms with Crippen molar-refractivity contribution in [2.75, 3.05) is 6.54 Å². The van der Waals surface area contributed by atoms with Crippen LogP contribution in [0.5, 0.6) is 0 Å². The van der Waals surface area contributed by atoms with Crippen LogP contribution in [0.1, 0.15) is 18.9 Å². The molecule has 122 valence electrons. The van der Waals surface area contributed by atoms with Gasteiger partial charge in [0.2, 0.25) is 10.0 Å². The second-order valence-electron chi connectivity index (χ2n) is 4.30. The average molecular weight is 412 g/mol. The van der Waals surface area contributed by atoms with Gasteiger partial charge >= 0.3 is 6.18 Å². The highest BCUT2D eigenvalue weighted by Gasteiger charge is 2.34. The Morgan fingerprint density at radius 2 is 1.95 bits per heavy atom. The number of sulfonamides is 1. The fraction of sp³-hybridized carbons (Fsp3) is 0.455. The summed E-state index contributed by atoms with van der Waals surface area (Å²) in [5.74, 6) is 0. The van der Waals surface area contributed by atoms with E-state index in [-0.39, 0.29) is 29.5 Å². The van der Waals surface area contributed by atoms with Gasteiger partial charge in [0, 0.05) is 17.1 Å². The normalized spacial score (nSPS) is 13.6. The van der Waals surface area contributed by atoms with E-state index in [0.29, 0.717) is 12.5 Å². The number of alkyl halides is 3. The Kier molecular flexibility index (Phi) is 7.64. The molecule has 0 aliphatic heterocycles. The molecule has 0 aliphatic rings. The Balaban J connectivity index is 0.00000400. The fourth-order valence-electron chi connectivity index (χ4n) is 1.39. The van der Waals surface area contributed by atoms with Crippen LogP contribution in [0.4, 0.5) is 13.2 Å². The summed E-state index contributed by atoms with van der Waals surface area (Å²) >= 11 is 2.75. The third kappa shape index (κ3) is 6.11. The lowest BCUT2D eigenvalue weighted by Crippen LogP contribution is -2.29. The maximum absolute atomic E-state index is 12.7. The summed E-state index contributed by atoms with van der Waals surface area (Å²) in [6.07, 6.45) is -4.24. The van der Waals surface area contributed by atoms with Gasteiger partial charge in [0.25, 0.3) is 0 Å². The zero-order valence-corrected chi connectivity index (χ0v) is 14.2. The van der Waals surface area contributed by atoms with E-state index >= 15 is 0 Å². The number of rotatable bonds is 5. The molecule has 4 nitrogen and oxygen atoms in total. The maximum Gasteiger partial charge on any atom is 0.417 e. The van der Waals surface area contributed by atoms with Crippen LogP contribution >= 0.6 is 28.3 Å². The number of benzene rings is 1. The van der Waals surface area contributed by atoms with Crippen LogP contribution in [0.3, 0.4) is 0 Å². The molecule has 0 amide bonds. The SMILES string of the molecule is CC(N)CCNS(=O)(=O)c1ccc(Br)c(C(F)(F)F)c1.Cl. The second-order valence-corrected chi connectivity index (χ2v) is 6.92. The molecule has 3 N–H and O–H groups in total. The maximum atomic E-state index is 12.7. The average Bonchev–Trinajstić information content (AvgIpc) is 2.26. The first kappa shape index (κ1) is 20.6. The number of hydrogen-bond acceptors (Lipinski definition) is 3. The van der Waals surface area contributed by atoms with E-state index in [1.807, 2.05) is 0 Å². The van der Waals surface area contributed by atoms with E-state index in [0.717, 1.165) is 12.1 Å². The predicted octanol–water partition coefficient (Wildman–Crippen LogP) is 2.91. The van der Waals surface area contributed by atoms with E-state index in [9.17, 15) is 21.6 Å². The zero-order valence-electron chi connectivity index (χ0n) is 10.9. The Labute approximate surface area is 135 Å². The largest absolute Gasteiger partial charge is 0.417 e. The molecular formula is C11H15BrClF3N2O2S. The van der Waals surface area contributed by atoms with Gasteiger partial charge in [-0.1, -0.05) is 15.9 Å². The molecule has 0 radical (unpaired) electrons. The van der Waals surface area contributed by atoms with Crippen LogP contribution in [-0.2, 0) is 16.2 Å². The molecule has 0 aliphatic carbocycles. The molecule has 1 aromatic rings. The lowest BCUT2D eigenvalue weighted by Gasteiger charge is -2.12. The standard InChI is InChI=1S/C11H14BrF3N2O2S.ClH/c1-7(16)4-5-17-20(18,19)8-2-3-10(12)9(6-8)11(13,14)15;/h2-3,6-7,17H,4-5,16H2,1H3;1H. The van der Waals surface area contributed by atoms with E-state index in [2.05, 4.69) is 20.7 Å². The summed E-state index contributed by atoms with van der Waals surface area (Å²) in [5, 5.41) is 0. The highest BCUT2D eigenvalue weighted by molar-refractivity contribution is 9.10. The summed E-state index contributed by atoms with van der Waals surface area (Å²) in [5.41, 5.74) is 4.44. The van der Waals surface area contributed by atoms with Gasteiger partial charge < -0.3 is 5.73 Å². The molecule has 0 bridgehead atoms. The summed E-state index contributed by atoms with van der Waals surface area (Å²) in [6.45, 7) is 1.77. The first-order valence-electron chi connectivity index (χ1n) is 5.66. The lowest BCUT2D eigenvalue weighted by molar-refractivity contribution is -0.138. The molecule has 21 heavy (non-hydrogen) atoms. The lowest BCUT2D eigenvalue weighted by atomic mass is 10.2. The van der Waals surface area contributed by atoms with Crippen molar-refractivity contribution in [2.24, 2.45) is 5.73 Å². The van der Waals surface area contributed by atoms with Gasteiger partial charge in [0.1, 0.15) is 0 Å². The van der Waals surface area contributed by atoms with Gasteiger partial charge in [0.15, 0.2) is 0 Å². The van der Waals surface area contributed by atoms with Crippen molar-refractivity contribution in [1.82, 2.24) is 4.72 Å². The van der Waals surface area contributed by atoms with Crippen molar-refractivity contribution in [3.05, 3.63) is 28.2 Å². The highest BCUT2D eigenvalue weighted by atomic mass is 79.9. The van der Waals surface area contributed by atoms with E-state index < -0.39 is 26.7 Å². The third-order valence-corrected chi connectivity index (χ3v) is 4.60. The number of nitrogens with two attached hydrogens (primary N) is 1. The summed E-state index contributed by atoms with van der Waals surface area (Å²) in [7, 11) is -3.98. The van der Waals surface area contributed by atoms with Crippen LogP contribution < -0.4 is 10.5 Å². The van der Waals surface area contributed by atoms with Crippen LogP contribution in [0.15, 0.2) is 27.6 Å². The van der Waals surface area contributed by atoms with Crippen molar-refractivity contribution < 1.29 is 21.6 Å². The Morgan fingerprint density at radius 1 is 1.38 bits per heavy atom. The van der Waals surface area contributed by atoms with Gasteiger partial charge in [0.05, 0.1) is 10.5 Å². The topological polar surface area (TPSA) is 72.2 Å². The molecular weight excluding hydrogens is 397 g/mol. The highest BCUT2D eigenvalue weighted by Crippen LogP contribution is 2.36. The summed E-state index contributed by atoms with van der Waals surface area (Å²) in [4.78, 5) is -0.433. The number of halogens is 5. The molecule has 0 spiro atoms. The summed E-state index contributed by atoms with van der Waals surface area (Å²) < 4.78 is 63.9. The molecule has 1 aromatic carbocycles. The van der Waals surface area contributed by atoms with Crippen LogP contribution in [0.2, 0.25) is 0 Å². The van der Waals surface area contributed by atoms with Gasteiger partial charge in [-0.2, -0.15) is 13.2 Å². The monoisotopic (exact) mass is 410 g/mol. The summed E-state index contributed by atoms with van der Waals surface area (Å²) in [6, 6.07) is 2.56. The van der Waals surface area contributed by atoms with Crippen LogP contribution in [0.25, 0.3) is 0 Å². The zero-order chi connectivity index (χ0) is 15.6. The van der Waals surface area contributed by atoms with Gasteiger partial charge in [-0.25, -0.2) is 13.1 Å². The van der Waals surface area contributed by atoms with Crippen molar-refractivity contribution in [1.29, 1.82) is 0 Å². The molecule has 0 aromatic heterocycles.